The number of aromatic nitrogens is 2. The van der Waals surface area contributed by atoms with Gasteiger partial charge in [-0.3, -0.25) is 4.79 Å². The Morgan fingerprint density at radius 1 is 1.28 bits per heavy atom. The van der Waals surface area contributed by atoms with E-state index in [2.05, 4.69) is 9.97 Å². The number of carbonyl (C=O) groups is 1. The fourth-order valence-electron chi connectivity index (χ4n) is 1.71. The van der Waals surface area contributed by atoms with E-state index >= 15 is 0 Å². The van der Waals surface area contributed by atoms with Crippen molar-refractivity contribution in [2.45, 2.75) is 13.3 Å². The van der Waals surface area contributed by atoms with Crippen molar-refractivity contribution in [1.82, 2.24) is 9.97 Å². The van der Waals surface area contributed by atoms with Crippen molar-refractivity contribution < 1.29 is 9.53 Å². The third-order valence-electron chi connectivity index (χ3n) is 2.50. The summed E-state index contributed by atoms with van der Waals surface area (Å²) >= 11 is 0. The van der Waals surface area contributed by atoms with E-state index in [1.54, 1.807) is 13.3 Å². The molecule has 0 radical (unpaired) electrons. The Kier molecular flexibility index (Phi) is 3.67. The van der Waals surface area contributed by atoms with Gasteiger partial charge < -0.3 is 4.74 Å². The molecule has 0 unspecified atom stereocenters. The average Bonchev–Trinajstić information content (AvgIpc) is 2.38. The molecular formula is C14H14N2O2. The number of Topliss-reactive ketones (excluding diaryl/α,β-unsaturated/α-hetero) is 1. The highest BCUT2D eigenvalue weighted by Gasteiger charge is 2.08. The second-order valence-electron chi connectivity index (χ2n) is 3.94. The van der Waals surface area contributed by atoms with Gasteiger partial charge in [0.05, 0.1) is 19.2 Å². The maximum atomic E-state index is 11.1. The number of nitrogens with zero attached hydrogens (tertiary/aromatic N) is 2. The topological polar surface area (TPSA) is 52.1 Å². The van der Waals surface area contributed by atoms with Gasteiger partial charge >= 0.3 is 0 Å². The van der Waals surface area contributed by atoms with E-state index in [1.807, 2.05) is 30.3 Å². The van der Waals surface area contributed by atoms with Gasteiger partial charge in [0.25, 0.3) is 0 Å². The monoisotopic (exact) mass is 242 g/mol. The minimum Gasteiger partial charge on any atom is -0.496 e. The first-order valence-corrected chi connectivity index (χ1v) is 5.65. The average molecular weight is 242 g/mol. The van der Waals surface area contributed by atoms with Crippen molar-refractivity contribution in [3.63, 3.8) is 0 Å². The summed E-state index contributed by atoms with van der Waals surface area (Å²) in [6.45, 7) is 1.53. The van der Waals surface area contributed by atoms with E-state index < -0.39 is 0 Å². The molecule has 0 atom stereocenters. The van der Waals surface area contributed by atoms with E-state index in [-0.39, 0.29) is 12.2 Å². The van der Waals surface area contributed by atoms with E-state index in [4.69, 9.17) is 4.74 Å². The second kappa shape index (κ2) is 5.40. The summed E-state index contributed by atoms with van der Waals surface area (Å²) in [4.78, 5) is 19.5. The normalized spacial score (nSPS) is 10.1. The van der Waals surface area contributed by atoms with Gasteiger partial charge in [-0.05, 0) is 25.1 Å². The van der Waals surface area contributed by atoms with Gasteiger partial charge in [0.2, 0.25) is 0 Å². The van der Waals surface area contributed by atoms with E-state index in [1.165, 1.54) is 6.92 Å². The molecule has 0 aliphatic carbocycles. The number of benzene rings is 1. The molecular weight excluding hydrogens is 228 g/mol. The SMILES string of the molecule is COc1ccccc1-c1ccnc(CC(C)=O)n1. The van der Waals surface area contributed by atoms with Gasteiger partial charge in [0.15, 0.2) is 0 Å². The number of rotatable bonds is 4. The van der Waals surface area contributed by atoms with Crippen molar-refractivity contribution in [3.8, 4) is 17.0 Å². The van der Waals surface area contributed by atoms with Crippen LogP contribution in [-0.2, 0) is 11.2 Å². The third kappa shape index (κ3) is 2.71. The van der Waals surface area contributed by atoms with Crippen molar-refractivity contribution in [2.24, 2.45) is 0 Å². The Hall–Kier alpha value is -2.23. The van der Waals surface area contributed by atoms with Gasteiger partial charge in [-0.1, -0.05) is 12.1 Å². The molecule has 18 heavy (non-hydrogen) atoms. The van der Waals surface area contributed by atoms with Crippen LogP contribution in [0, 0.1) is 0 Å². The molecule has 92 valence electrons. The number of hydrogen-bond donors (Lipinski definition) is 0. The summed E-state index contributed by atoms with van der Waals surface area (Å²) in [5.74, 6) is 1.34. The fourth-order valence-corrected chi connectivity index (χ4v) is 1.71. The zero-order chi connectivity index (χ0) is 13.0. The molecule has 0 saturated carbocycles. The summed E-state index contributed by atoms with van der Waals surface area (Å²) < 4.78 is 5.29. The zero-order valence-electron chi connectivity index (χ0n) is 10.4. The van der Waals surface area contributed by atoms with E-state index in [0.717, 1.165) is 17.0 Å². The summed E-state index contributed by atoms with van der Waals surface area (Å²) in [5, 5.41) is 0. The molecule has 0 bridgehead atoms. The number of para-hydroxylation sites is 1. The van der Waals surface area contributed by atoms with Crippen LogP contribution in [0.3, 0.4) is 0 Å². The maximum absolute atomic E-state index is 11.1. The minimum absolute atomic E-state index is 0.0483. The zero-order valence-corrected chi connectivity index (χ0v) is 10.4. The van der Waals surface area contributed by atoms with Crippen LogP contribution in [0.4, 0.5) is 0 Å². The first-order valence-electron chi connectivity index (χ1n) is 5.65. The third-order valence-corrected chi connectivity index (χ3v) is 2.50. The number of ether oxygens (including phenoxy) is 1. The summed E-state index contributed by atoms with van der Waals surface area (Å²) in [6.07, 6.45) is 1.91. The molecule has 0 spiro atoms. The molecule has 0 aliphatic heterocycles. The molecule has 0 amide bonds. The van der Waals surface area contributed by atoms with Crippen LogP contribution in [0.25, 0.3) is 11.3 Å². The highest BCUT2D eigenvalue weighted by Crippen LogP contribution is 2.27. The van der Waals surface area contributed by atoms with Gasteiger partial charge in [0.1, 0.15) is 17.4 Å². The number of carbonyl (C=O) groups excluding carboxylic acids is 1. The molecule has 1 heterocycles. The molecule has 1 aromatic carbocycles. The van der Waals surface area contributed by atoms with Crippen LogP contribution < -0.4 is 4.74 Å². The maximum Gasteiger partial charge on any atom is 0.137 e. The summed E-state index contributed by atoms with van der Waals surface area (Å²) in [7, 11) is 1.62. The largest absolute Gasteiger partial charge is 0.496 e. The first kappa shape index (κ1) is 12.2. The van der Waals surface area contributed by atoms with E-state index in [9.17, 15) is 4.79 Å². The molecule has 0 saturated heterocycles. The fraction of sp³-hybridized carbons (Fsp3) is 0.214. The van der Waals surface area contributed by atoms with Crippen LogP contribution in [0.5, 0.6) is 5.75 Å². The lowest BCUT2D eigenvalue weighted by Gasteiger charge is -2.08. The number of ketones is 1. The van der Waals surface area contributed by atoms with Crippen molar-refractivity contribution >= 4 is 5.78 Å². The van der Waals surface area contributed by atoms with Crippen LogP contribution in [-0.4, -0.2) is 22.9 Å². The van der Waals surface area contributed by atoms with Crippen molar-refractivity contribution in [3.05, 3.63) is 42.4 Å². The Labute approximate surface area is 106 Å². The van der Waals surface area contributed by atoms with Crippen LogP contribution in [0.2, 0.25) is 0 Å². The van der Waals surface area contributed by atoms with Gasteiger partial charge in [-0.25, -0.2) is 9.97 Å². The Morgan fingerprint density at radius 3 is 2.78 bits per heavy atom. The molecule has 0 fully saturated rings. The molecule has 4 nitrogen and oxygen atoms in total. The van der Waals surface area contributed by atoms with Crippen LogP contribution in [0.15, 0.2) is 36.5 Å². The lowest BCUT2D eigenvalue weighted by molar-refractivity contribution is -0.116. The smallest absolute Gasteiger partial charge is 0.137 e. The molecule has 0 aliphatic rings. The van der Waals surface area contributed by atoms with Crippen molar-refractivity contribution in [2.75, 3.05) is 7.11 Å². The Bertz CT molecular complexity index is 567. The molecule has 4 heteroatoms. The molecule has 2 rings (SSSR count). The minimum atomic E-state index is 0.0483. The van der Waals surface area contributed by atoms with Gasteiger partial charge in [-0.2, -0.15) is 0 Å². The Morgan fingerprint density at radius 2 is 2.06 bits per heavy atom. The number of hydrogen-bond acceptors (Lipinski definition) is 4. The summed E-state index contributed by atoms with van der Waals surface area (Å²) in [6, 6.07) is 9.44. The standard InChI is InChI=1S/C14H14N2O2/c1-10(17)9-14-15-8-7-12(16-14)11-5-3-4-6-13(11)18-2/h3-8H,9H2,1-2H3. The van der Waals surface area contributed by atoms with Gasteiger partial charge in [0, 0.05) is 11.8 Å². The van der Waals surface area contributed by atoms with Crippen molar-refractivity contribution in [1.29, 1.82) is 0 Å². The Balaban J connectivity index is 2.41. The lowest BCUT2D eigenvalue weighted by Crippen LogP contribution is -2.03. The lowest BCUT2D eigenvalue weighted by atomic mass is 10.1. The quantitative estimate of drug-likeness (QED) is 0.825. The second-order valence-corrected chi connectivity index (χ2v) is 3.94. The van der Waals surface area contributed by atoms with Gasteiger partial charge in [-0.15, -0.1) is 0 Å². The number of methoxy groups -OCH3 is 1. The van der Waals surface area contributed by atoms with E-state index in [0.29, 0.717) is 5.82 Å². The molecule has 0 N–H and O–H groups in total. The van der Waals surface area contributed by atoms with Crippen LogP contribution in [0.1, 0.15) is 12.7 Å². The molecule has 1 aromatic heterocycles. The molecule has 2 aromatic rings. The predicted octanol–water partition coefficient (Wildman–Crippen LogP) is 2.28. The highest BCUT2D eigenvalue weighted by atomic mass is 16.5. The van der Waals surface area contributed by atoms with Crippen LogP contribution >= 0.6 is 0 Å². The first-order chi connectivity index (χ1) is 8.70. The summed E-state index contributed by atoms with van der Waals surface area (Å²) in [5.41, 5.74) is 1.66. The highest BCUT2D eigenvalue weighted by molar-refractivity contribution is 5.77. The predicted molar refractivity (Wildman–Crippen MR) is 68.4 cm³/mol.